The van der Waals surface area contributed by atoms with E-state index in [1.54, 1.807) is 0 Å². The van der Waals surface area contributed by atoms with Gasteiger partial charge in [-0.25, -0.2) is 0 Å². The summed E-state index contributed by atoms with van der Waals surface area (Å²) in [6.07, 6.45) is 4.39. The molecule has 2 atom stereocenters. The molecule has 0 aromatic heterocycles. The number of hydrogen-bond donors (Lipinski definition) is 1. The first kappa shape index (κ1) is 11.7. The second-order valence-corrected chi connectivity index (χ2v) is 5.54. The van der Waals surface area contributed by atoms with Gasteiger partial charge in [0.25, 0.3) is 0 Å². The molecule has 0 aromatic rings. The first-order chi connectivity index (χ1) is 6.29. The fourth-order valence-corrected chi connectivity index (χ4v) is 3.10. The molecular weight excluding hydrogens is 200 g/mol. The van der Waals surface area contributed by atoms with E-state index in [1.807, 2.05) is 23.5 Å². The smallest absolute Gasteiger partial charge is 0.0348 e. The lowest BCUT2D eigenvalue weighted by atomic mass is 10.2. The highest BCUT2D eigenvalue weighted by atomic mass is 32.2. The molecule has 0 amide bonds. The monoisotopic (exact) mass is 220 g/mol. The van der Waals surface area contributed by atoms with Crippen molar-refractivity contribution in [1.82, 2.24) is 10.2 Å². The van der Waals surface area contributed by atoms with Crippen molar-refractivity contribution in [2.24, 2.45) is 0 Å². The number of nitrogens with one attached hydrogen (secondary N) is 1. The molecule has 1 aliphatic heterocycles. The van der Waals surface area contributed by atoms with Crippen molar-refractivity contribution < 1.29 is 0 Å². The van der Waals surface area contributed by atoms with Gasteiger partial charge in [0.05, 0.1) is 0 Å². The largest absolute Gasteiger partial charge is 0.314 e. The third kappa shape index (κ3) is 3.35. The number of rotatable bonds is 5. The SMILES string of the molecule is CSCCN(C)C1CNCC1SC. The van der Waals surface area contributed by atoms with Crippen LogP contribution in [0.4, 0.5) is 0 Å². The van der Waals surface area contributed by atoms with Gasteiger partial charge in [-0.3, -0.25) is 0 Å². The molecular formula is C9H20N2S2. The molecule has 0 spiro atoms. The van der Waals surface area contributed by atoms with E-state index in [4.69, 9.17) is 0 Å². The van der Waals surface area contributed by atoms with Crippen LogP contribution in [-0.2, 0) is 0 Å². The van der Waals surface area contributed by atoms with E-state index >= 15 is 0 Å². The van der Waals surface area contributed by atoms with E-state index < -0.39 is 0 Å². The van der Waals surface area contributed by atoms with Gasteiger partial charge in [-0.1, -0.05) is 0 Å². The standard InChI is InChI=1S/C9H20N2S2/c1-11(4-5-12-2)8-6-10-7-9(8)13-3/h8-10H,4-7H2,1-3H3. The van der Waals surface area contributed by atoms with Crippen LogP contribution in [0.5, 0.6) is 0 Å². The third-order valence-corrected chi connectivity index (χ3v) is 4.32. The summed E-state index contributed by atoms with van der Waals surface area (Å²) in [5, 5.41) is 4.25. The minimum absolute atomic E-state index is 0.738. The average Bonchev–Trinajstić information content (AvgIpc) is 2.61. The lowest BCUT2D eigenvalue weighted by Gasteiger charge is -2.27. The molecule has 1 heterocycles. The quantitative estimate of drug-likeness (QED) is 0.743. The number of hydrogen-bond acceptors (Lipinski definition) is 4. The van der Waals surface area contributed by atoms with Gasteiger partial charge in [0, 0.05) is 36.7 Å². The van der Waals surface area contributed by atoms with E-state index in [2.05, 4.69) is 29.8 Å². The number of nitrogens with zero attached hydrogens (tertiary/aromatic N) is 1. The van der Waals surface area contributed by atoms with Gasteiger partial charge in [0.15, 0.2) is 0 Å². The predicted molar refractivity (Wildman–Crippen MR) is 65.0 cm³/mol. The highest BCUT2D eigenvalue weighted by molar-refractivity contribution is 7.99. The molecule has 0 saturated carbocycles. The zero-order valence-electron chi connectivity index (χ0n) is 8.75. The van der Waals surface area contributed by atoms with Crippen LogP contribution in [0.3, 0.4) is 0 Å². The molecule has 2 unspecified atom stereocenters. The zero-order valence-corrected chi connectivity index (χ0v) is 10.4. The summed E-state index contributed by atoms with van der Waals surface area (Å²) in [6, 6.07) is 0.738. The Kier molecular flexibility index (Phi) is 5.55. The van der Waals surface area contributed by atoms with E-state index in [1.165, 1.54) is 18.8 Å². The third-order valence-electron chi connectivity index (χ3n) is 2.65. The molecule has 0 bridgehead atoms. The summed E-state index contributed by atoms with van der Waals surface area (Å²) in [5.74, 6) is 1.24. The molecule has 78 valence electrons. The van der Waals surface area contributed by atoms with E-state index in [0.717, 1.165) is 17.8 Å². The van der Waals surface area contributed by atoms with Gasteiger partial charge < -0.3 is 10.2 Å². The normalized spacial score (nSPS) is 28.6. The molecule has 4 heteroatoms. The van der Waals surface area contributed by atoms with Crippen molar-refractivity contribution in [3.63, 3.8) is 0 Å². The van der Waals surface area contributed by atoms with Gasteiger partial charge in [-0.15, -0.1) is 0 Å². The molecule has 0 aliphatic carbocycles. The maximum Gasteiger partial charge on any atom is 0.0348 e. The van der Waals surface area contributed by atoms with Crippen LogP contribution in [0.25, 0.3) is 0 Å². The summed E-state index contributed by atoms with van der Waals surface area (Å²) in [7, 11) is 2.25. The van der Waals surface area contributed by atoms with E-state index in [-0.39, 0.29) is 0 Å². The summed E-state index contributed by atoms with van der Waals surface area (Å²) in [6.45, 7) is 3.55. The van der Waals surface area contributed by atoms with Gasteiger partial charge >= 0.3 is 0 Å². The molecule has 1 fully saturated rings. The van der Waals surface area contributed by atoms with Crippen molar-refractivity contribution in [3.05, 3.63) is 0 Å². The Labute approximate surface area is 90.2 Å². The van der Waals surface area contributed by atoms with E-state index in [0.29, 0.717) is 0 Å². The van der Waals surface area contributed by atoms with Crippen molar-refractivity contribution in [1.29, 1.82) is 0 Å². The van der Waals surface area contributed by atoms with Crippen LogP contribution in [0, 0.1) is 0 Å². The minimum atomic E-state index is 0.738. The Hall–Kier alpha value is 0.620. The Morgan fingerprint density at radius 3 is 2.77 bits per heavy atom. The lowest BCUT2D eigenvalue weighted by Crippen LogP contribution is -2.40. The van der Waals surface area contributed by atoms with Crippen molar-refractivity contribution in [2.45, 2.75) is 11.3 Å². The molecule has 2 nitrogen and oxygen atoms in total. The van der Waals surface area contributed by atoms with Crippen LogP contribution in [0.2, 0.25) is 0 Å². The lowest BCUT2D eigenvalue weighted by molar-refractivity contribution is 0.277. The van der Waals surface area contributed by atoms with Crippen LogP contribution >= 0.6 is 23.5 Å². The Morgan fingerprint density at radius 2 is 2.15 bits per heavy atom. The molecule has 0 radical (unpaired) electrons. The second kappa shape index (κ2) is 6.17. The first-order valence-electron chi connectivity index (χ1n) is 4.72. The van der Waals surface area contributed by atoms with Crippen molar-refractivity contribution >= 4 is 23.5 Å². The molecule has 1 N–H and O–H groups in total. The Morgan fingerprint density at radius 1 is 1.38 bits per heavy atom. The van der Waals surface area contributed by atoms with Gasteiger partial charge in [-0.05, 0) is 19.6 Å². The molecule has 1 saturated heterocycles. The summed E-state index contributed by atoms with van der Waals surface area (Å²) >= 11 is 3.92. The maximum atomic E-state index is 3.46. The van der Waals surface area contributed by atoms with Crippen LogP contribution in [0.15, 0.2) is 0 Å². The fraction of sp³-hybridized carbons (Fsp3) is 1.00. The van der Waals surface area contributed by atoms with Crippen LogP contribution in [-0.4, -0.2) is 61.1 Å². The second-order valence-electron chi connectivity index (χ2n) is 3.47. The van der Waals surface area contributed by atoms with Crippen molar-refractivity contribution in [3.8, 4) is 0 Å². The van der Waals surface area contributed by atoms with Gasteiger partial charge in [0.2, 0.25) is 0 Å². The Bertz CT molecular complexity index is 144. The van der Waals surface area contributed by atoms with Gasteiger partial charge in [-0.2, -0.15) is 23.5 Å². The van der Waals surface area contributed by atoms with Crippen molar-refractivity contribution in [2.75, 3.05) is 44.9 Å². The average molecular weight is 220 g/mol. The van der Waals surface area contributed by atoms with Crippen LogP contribution in [0.1, 0.15) is 0 Å². The zero-order chi connectivity index (χ0) is 9.68. The molecule has 0 aromatic carbocycles. The summed E-state index contributed by atoms with van der Waals surface area (Å²) in [5.41, 5.74) is 0. The highest BCUT2D eigenvalue weighted by Gasteiger charge is 2.28. The first-order valence-corrected chi connectivity index (χ1v) is 7.40. The number of thioether (sulfide) groups is 2. The topological polar surface area (TPSA) is 15.3 Å². The summed E-state index contributed by atoms with van der Waals surface area (Å²) in [4.78, 5) is 2.50. The predicted octanol–water partition coefficient (Wildman–Crippen LogP) is 0.985. The number of likely N-dealkylation sites (N-methyl/N-ethyl adjacent to an activating group) is 1. The fourth-order valence-electron chi connectivity index (χ4n) is 1.72. The molecule has 1 aliphatic rings. The summed E-state index contributed by atoms with van der Waals surface area (Å²) < 4.78 is 0. The maximum absolute atomic E-state index is 3.46. The van der Waals surface area contributed by atoms with Crippen LogP contribution < -0.4 is 5.32 Å². The molecule has 13 heavy (non-hydrogen) atoms. The van der Waals surface area contributed by atoms with E-state index in [9.17, 15) is 0 Å². The minimum Gasteiger partial charge on any atom is -0.314 e. The highest BCUT2D eigenvalue weighted by Crippen LogP contribution is 2.19. The molecule has 1 rings (SSSR count). The van der Waals surface area contributed by atoms with Gasteiger partial charge in [0.1, 0.15) is 0 Å². The Balaban J connectivity index is 2.31.